The van der Waals surface area contributed by atoms with E-state index in [0.717, 1.165) is 32.1 Å². The van der Waals surface area contributed by atoms with Crippen LogP contribution in [0.3, 0.4) is 0 Å². The molecule has 7 aliphatic carbocycles. The molecule has 0 saturated heterocycles. The van der Waals surface area contributed by atoms with E-state index in [0.29, 0.717) is 6.42 Å². The molecular formula is C51H26O2. The van der Waals surface area contributed by atoms with Crippen molar-refractivity contribution in [2.24, 2.45) is 0 Å². The maximum absolute atomic E-state index is 12.9. The van der Waals surface area contributed by atoms with E-state index in [-0.39, 0.29) is 22.2 Å². The lowest BCUT2D eigenvalue weighted by molar-refractivity contribution is -0.140. The third-order valence-electron chi connectivity index (χ3n) is 17.2. The Kier molecular flexibility index (Phi) is 3.03. The molecule has 1 saturated carbocycles. The molecule has 2 heteroatoms. The lowest BCUT2D eigenvalue weighted by atomic mass is 9.69. The predicted molar refractivity (Wildman–Crippen MR) is 214 cm³/mol. The van der Waals surface area contributed by atoms with Gasteiger partial charge in [0.05, 0.1) is 7.11 Å². The minimum absolute atomic E-state index is 0.0953. The zero-order valence-corrected chi connectivity index (χ0v) is 28.9. The molecule has 11 aromatic carbocycles. The molecule has 0 aliphatic heterocycles. The summed E-state index contributed by atoms with van der Waals surface area (Å²) in [4.78, 5) is 12.9. The fourth-order valence-corrected chi connectivity index (χ4v) is 16.6. The van der Waals surface area contributed by atoms with Gasteiger partial charge in [-0.05, 0) is 185 Å². The Bertz CT molecular complexity index is 3840. The number of carbonyl (C=O) groups excluding carboxylic acids is 1. The third kappa shape index (κ3) is 1.77. The van der Waals surface area contributed by atoms with Crippen molar-refractivity contribution in [3.63, 3.8) is 0 Å². The average molecular weight is 671 g/mol. The van der Waals surface area contributed by atoms with Crippen LogP contribution in [0.2, 0.25) is 0 Å². The summed E-state index contributed by atoms with van der Waals surface area (Å²) in [5.41, 5.74) is 16.6. The average Bonchev–Trinajstić information content (AvgIpc) is 3.86. The van der Waals surface area contributed by atoms with Gasteiger partial charge in [-0.2, -0.15) is 0 Å². The molecule has 3 unspecified atom stereocenters. The van der Waals surface area contributed by atoms with Gasteiger partial charge in [0.1, 0.15) is 0 Å². The molecule has 0 heterocycles. The van der Waals surface area contributed by atoms with Crippen molar-refractivity contribution in [3.8, 4) is 0 Å². The first-order chi connectivity index (χ1) is 26.1. The van der Waals surface area contributed by atoms with Crippen LogP contribution in [0.5, 0.6) is 0 Å². The smallest absolute Gasteiger partial charge is 0.305 e. The van der Waals surface area contributed by atoms with E-state index in [1.54, 1.807) is 132 Å². The van der Waals surface area contributed by atoms with E-state index >= 15 is 0 Å². The molecule has 0 radical (unpaired) electrons. The van der Waals surface area contributed by atoms with Gasteiger partial charge >= 0.3 is 5.97 Å². The minimum Gasteiger partial charge on any atom is -0.469 e. The van der Waals surface area contributed by atoms with Crippen LogP contribution >= 0.6 is 0 Å². The van der Waals surface area contributed by atoms with Crippen LogP contribution in [0, 0.1) is 0 Å². The van der Waals surface area contributed by atoms with Gasteiger partial charge in [0.2, 0.25) is 0 Å². The first-order valence-corrected chi connectivity index (χ1v) is 19.8. The summed E-state index contributed by atoms with van der Waals surface area (Å²) < 4.78 is 5.29. The highest BCUT2D eigenvalue weighted by Gasteiger charge is 2.93. The highest BCUT2D eigenvalue weighted by atomic mass is 16.5. The molecule has 53 heavy (non-hydrogen) atoms. The fourth-order valence-electron chi connectivity index (χ4n) is 16.6. The quantitative estimate of drug-likeness (QED) is 0.135. The van der Waals surface area contributed by atoms with E-state index < -0.39 is 0 Å². The zero-order chi connectivity index (χ0) is 33.5. The fraction of sp³-hybridized carbons (Fsp3) is 0.196. The molecule has 2 spiro atoms. The molecule has 0 amide bonds. The normalized spacial score (nSPS) is 25.5. The third-order valence-corrected chi connectivity index (χ3v) is 17.2. The summed E-state index contributed by atoms with van der Waals surface area (Å²) in [6, 6.07) is 24.8. The highest BCUT2D eigenvalue weighted by Crippen LogP contribution is 2.94. The van der Waals surface area contributed by atoms with Gasteiger partial charge in [0, 0.05) is 22.7 Å². The van der Waals surface area contributed by atoms with Gasteiger partial charge in [0.15, 0.2) is 0 Å². The number of ether oxygens (including phenoxy) is 1. The summed E-state index contributed by atoms with van der Waals surface area (Å²) in [5, 5.41) is 28.2. The van der Waals surface area contributed by atoms with Crippen molar-refractivity contribution >= 4 is 109 Å². The van der Waals surface area contributed by atoms with Crippen LogP contribution in [-0.2, 0) is 45.0 Å². The van der Waals surface area contributed by atoms with Crippen molar-refractivity contribution in [2.45, 2.75) is 54.8 Å². The Morgan fingerprint density at radius 1 is 0.566 bits per heavy atom. The predicted octanol–water partition coefficient (Wildman–Crippen LogP) is 11.2. The van der Waals surface area contributed by atoms with Crippen LogP contribution in [0.4, 0.5) is 0 Å². The molecule has 2 nitrogen and oxygen atoms in total. The number of esters is 1. The number of hydrogen-bond acceptors (Lipinski definition) is 2. The van der Waals surface area contributed by atoms with E-state index in [9.17, 15) is 4.79 Å². The molecule has 11 aromatic rings. The number of allylic oxidation sites excluding steroid dienone is 1. The number of methoxy groups -OCH3 is 1. The van der Waals surface area contributed by atoms with Crippen LogP contribution in [0.15, 0.2) is 66.2 Å². The van der Waals surface area contributed by atoms with Crippen molar-refractivity contribution < 1.29 is 9.53 Å². The van der Waals surface area contributed by atoms with E-state index in [2.05, 4.69) is 66.7 Å². The standard InChI is InChI=1S/C51H26O2/c1-53-29(52)8-5-9-49(27-6-3-2-4-7-27)50-28-17-25-16-24-14-20-10-19-11-22-12-21-13-23-15-26(18-28)47-42-33(23)32(21)37-34(22)36-30(19)31(20)38-35(24)43(46(25)50)45-41(38)39(36)40(37)44(42)48(45)51(47,49)50/h2-4,6-7,11-12,14-16,18H,5,8-10,13,17H2,1H3. The van der Waals surface area contributed by atoms with Crippen LogP contribution in [0.25, 0.3) is 103 Å². The monoisotopic (exact) mass is 670 g/mol. The summed E-state index contributed by atoms with van der Waals surface area (Å²) >= 11 is 0. The van der Waals surface area contributed by atoms with Crippen molar-refractivity contribution in [1.82, 2.24) is 0 Å². The minimum atomic E-state index is -0.210. The summed E-state index contributed by atoms with van der Waals surface area (Å²) in [6.07, 6.45) is 8.00. The second-order valence-corrected chi connectivity index (χ2v) is 18.2. The Morgan fingerprint density at radius 2 is 1.11 bits per heavy atom. The molecule has 3 atom stereocenters. The lowest BCUT2D eigenvalue weighted by Gasteiger charge is -2.32. The highest BCUT2D eigenvalue weighted by molar-refractivity contribution is 6.60. The van der Waals surface area contributed by atoms with Crippen molar-refractivity contribution in [3.05, 3.63) is 122 Å². The van der Waals surface area contributed by atoms with Crippen LogP contribution in [0.1, 0.15) is 74.9 Å². The number of rotatable bonds is 5. The second kappa shape index (κ2) is 6.56. The van der Waals surface area contributed by atoms with Gasteiger partial charge in [-0.15, -0.1) is 0 Å². The van der Waals surface area contributed by atoms with Gasteiger partial charge in [-0.1, -0.05) is 72.3 Å². The van der Waals surface area contributed by atoms with Crippen LogP contribution < -0.4 is 0 Å². The number of carbonyl (C=O) groups is 1. The first-order valence-electron chi connectivity index (χ1n) is 19.8. The lowest BCUT2D eigenvalue weighted by Crippen LogP contribution is -2.27. The first kappa shape index (κ1) is 24.5. The zero-order valence-electron chi connectivity index (χ0n) is 28.9. The number of hydrogen-bond donors (Lipinski definition) is 0. The Balaban J connectivity index is 1.22. The molecule has 0 aromatic heterocycles. The maximum Gasteiger partial charge on any atom is 0.305 e. The molecule has 7 aliphatic rings. The van der Waals surface area contributed by atoms with Gasteiger partial charge in [0.25, 0.3) is 0 Å². The van der Waals surface area contributed by atoms with E-state index in [1.165, 1.54) is 33.0 Å². The molecule has 0 bridgehead atoms. The van der Waals surface area contributed by atoms with Crippen molar-refractivity contribution in [1.29, 1.82) is 0 Å². The molecule has 242 valence electrons. The Hall–Kier alpha value is -5.73. The largest absolute Gasteiger partial charge is 0.469 e. The Morgan fingerprint density at radius 3 is 1.79 bits per heavy atom. The van der Waals surface area contributed by atoms with E-state index in [4.69, 9.17) is 4.74 Å². The van der Waals surface area contributed by atoms with Gasteiger partial charge < -0.3 is 4.74 Å². The molecular weight excluding hydrogens is 645 g/mol. The number of benzene rings is 9. The topological polar surface area (TPSA) is 26.3 Å². The summed E-state index contributed by atoms with van der Waals surface area (Å²) in [7, 11) is 1.54. The van der Waals surface area contributed by atoms with E-state index in [1.807, 2.05) is 0 Å². The second-order valence-electron chi connectivity index (χ2n) is 18.2. The summed E-state index contributed by atoms with van der Waals surface area (Å²) in [5.74, 6) is -0.0953. The SMILES string of the molecule is COC(=O)CCCC1(c2ccccc2)C23C4=Cc5cc6c7c8c5C12c1c2c5c3c(cc3cc9c%10c%11c(cc%12cc(c7c7c%12c%11c(c2c%10c35)c7c18)C6)C9)C4. The maximum atomic E-state index is 12.9. The molecule has 18 rings (SSSR count). The van der Waals surface area contributed by atoms with Crippen LogP contribution in [-0.4, -0.2) is 13.1 Å². The van der Waals surface area contributed by atoms with Gasteiger partial charge in [-0.3, -0.25) is 4.79 Å². The molecule has 1 fully saturated rings. The van der Waals surface area contributed by atoms with Crippen molar-refractivity contribution in [2.75, 3.05) is 7.11 Å². The Labute approximate surface area is 301 Å². The van der Waals surface area contributed by atoms with Gasteiger partial charge in [-0.25, -0.2) is 0 Å². The summed E-state index contributed by atoms with van der Waals surface area (Å²) in [6.45, 7) is 0. The molecule has 0 N–H and O–H groups in total.